The second kappa shape index (κ2) is 3.80. The van der Waals surface area contributed by atoms with Crippen LogP contribution >= 0.6 is 0 Å². The predicted octanol–water partition coefficient (Wildman–Crippen LogP) is 2.21. The summed E-state index contributed by atoms with van der Waals surface area (Å²) >= 11 is 0. The van der Waals surface area contributed by atoms with Crippen molar-refractivity contribution >= 4 is 5.78 Å². The third kappa shape index (κ3) is 1.52. The molecule has 0 aliphatic carbocycles. The minimum absolute atomic E-state index is 0.176. The number of hydrogen-bond acceptors (Lipinski definition) is 3. The molecule has 2 heterocycles. The molecule has 0 aliphatic heterocycles. The highest BCUT2D eigenvalue weighted by molar-refractivity contribution is 5.58. The van der Waals surface area contributed by atoms with Gasteiger partial charge in [0, 0.05) is 12.4 Å². The van der Waals surface area contributed by atoms with Crippen molar-refractivity contribution in [3.05, 3.63) is 48.0 Å². The summed E-state index contributed by atoms with van der Waals surface area (Å²) in [5, 5.41) is 3.84. The first-order chi connectivity index (χ1) is 8.66. The van der Waals surface area contributed by atoms with Gasteiger partial charge in [0.15, 0.2) is 17.5 Å². The molecule has 3 rings (SSSR count). The molecule has 0 saturated carbocycles. The maximum atomic E-state index is 13.6. The summed E-state index contributed by atoms with van der Waals surface area (Å²) in [5.74, 6) is -3.47. The lowest BCUT2D eigenvalue weighted by molar-refractivity contribution is 0.498. The minimum atomic E-state index is -1.31. The second-order valence-electron chi connectivity index (χ2n) is 3.52. The summed E-state index contributed by atoms with van der Waals surface area (Å²) in [6.07, 6.45) is 2.99. The first kappa shape index (κ1) is 10.7. The molecule has 0 bridgehead atoms. The maximum Gasteiger partial charge on any atom is 0.252 e. The molecule has 4 nitrogen and oxygen atoms in total. The van der Waals surface area contributed by atoms with E-state index in [0.717, 1.165) is 6.07 Å². The van der Waals surface area contributed by atoms with Crippen molar-refractivity contribution in [2.45, 2.75) is 0 Å². The number of rotatable bonds is 1. The fourth-order valence-corrected chi connectivity index (χ4v) is 1.57. The highest BCUT2D eigenvalue weighted by Gasteiger charge is 2.19. The van der Waals surface area contributed by atoms with Crippen LogP contribution in [-0.2, 0) is 0 Å². The molecule has 0 amide bonds. The van der Waals surface area contributed by atoms with Crippen LogP contribution in [0.25, 0.3) is 17.2 Å². The van der Waals surface area contributed by atoms with Crippen molar-refractivity contribution in [2.75, 3.05) is 0 Å². The fraction of sp³-hybridized carbons (Fsp3) is 0. The molecule has 2 aromatic heterocycles. The molecule has 0 fully saturated rings. The molecule has 0 unspecified atom stereocenters. The van der Waals surface area contributed by atoms with Crippen molar-refractivity contribution in [1.29, 1.82) is 0 Å². The summed E-state index contributed by atoms with van der Waals surface area (Å²) in [7, 11) is 0. The SMILES string of the molecule is Fc1ccc(F)c(-c2nc3ncccn3n2)c1F. The molecule has 90 valence electrons. The number of aromatic nitrogens is 4. The van der Waals surface area contributed by atoms with Crippen LogP contribution in [0.15, 0.2) is 30.6 Å². The Morgan fingerprint density at radius 1 is 1.06 bits per heavy atom. The summed E-state index contributed by atoms with van der Waals surface area (Å²) in [5.41, 5.74) is -0.597. The average Bonchev–Trinajstić information content (AvgIpc) is 2.77. The summed E-state index contributed by atoms with van der Waals surface area (Å²) in [6.45, 7) is 0. The van der Waals surface area contributed by atoms with Gasteiger partial charge in [0.2, 0.25) is 0 Å². The van der Waals surface area contributed by atoms with E-state index >= 15 is 0 Å². The Hall–Kier alpha value is -2.44. The zero-order valence-electron chi connectivity index (χ0n) is 8.81. The Bertz CT molecular complexity index is 705. The van der Waals surface area contributed by atoms with Gasteiger partial charge in [-0.25, -0.2) is 22.7 Å². The van der Waals surface area contributed by atoms with Crippen molar-refractivity contribution < 1.29 is 13.2 Å². The summed E-state index contributed by atoms with van der Waals surface area (Å²) in [4.78, 5) is 7.70. The van der Waals surface area contributed by atoms with E-state index in [2.05, 4.69) is 15.1 Å². The van der Waals surface area contributed by atoms with Gasteiger partial charge in [-0.05, 0) is 18.2 Å². The smallest absolute Gasteiger partial charge is 0.220 e. The molecule has 0 radical (unpaired) electrons. The Balaban J connectivity index is 2.29. The van der Waals surface area contributed by atoms with Crippen molar-refractivity contribution in [2.24, 2.45) is 0 Å². The first-order valence-electron chi connectivity index (χ1n) is 4.98. The van der Waals surface area contributed by atoms with Gasteiger partial charge in [0.25, 0.3) is 5.78 Å². The highest BCUT2D eigenvalue weighted by atomic mass is 19.2. The molecule has 18 heavy (non-hydrogen) atoms. The van der Waals surface area contributed by atoms with E-state index in [1.807, 2.05) is 0 Å². The quantitative estimate of drug-likeness (QED) is 0.622. The topological polar surface area (TPSA) is 43.1 Å². The van der Waals surface area contributed by atoms with Gasteiger partial charge in [-0.3, -0.25) is 0 Å². The number of halogens is 3. The lowest BCUT2D eigenvalue weighted by atomic mass is 10.2. The molecule has 3 aromatic rings. The van der Waals surface area contributed by atoms with Gasteiger partial charge in [0.1, 0.15) is 5.82 Å². The van der Waals surface area contributed by atoms with E-state index in [1.54, 1.807) is 6.07 Å². The molecular weight excluding hydrogens is 245 g/mol. The number of nitrogens with zero attached hydrogens (tertiary/aromatic N) is 4. The zero-order chi connectivity index (χ0) is 12.7. The summed E-state index contributed by atoms with van der Waals surface area (Å²) < 4.78 is 41.4. The zero-order valence-corrected chi connectivity index (χ0v) is 8.81. The van der Waals surface area contributed by atoms with E-state index in [-0.39, 0.29) is 11.6 Å². The molecule has 7 heteroatoms. The van der Waals surface area contributed by atoms with E-state index in [1.165, 1.54) is 16.9 Å². The number of hydrogen-bond donors (Lipinski definition) is 0. The Morgan fingerprint density at radius 2 is 1.83 bits per heavy atom. The van der Waals surface area contributed by atoms with Crippen LogP contribution in [0.2, 0.25) is 0 Å². The van der Waals surface area contributed by atoms with Gasteiger partial charge < -0.3 is 0 Å². The van der Waals surface area contributed by atoms with Crippen LogP contribution in [-0.4, -0.2) is 19.6 Å². The normalized spacial score (nSPS) is 11.1. The lowest BCUT2D eigenvalue weighted by Crippen LogP contribution is -1.96. The van der Waals surface area contributed by atoms with Gasteiger partial charge in [-0.2, -0.15) is 4.98 Å². The Kier molecular flexibility index (Phi) is 2.26. The Labute approximate surface area is 98.7 Å². The van der Waals surface area contributed by atoms with Crippen LogP contribution in [0.4, 0.5) is 13.2 Å². The van der Waals surface area contributed by atoms with Crippen molar-refractivity contribution in [1.82, 2.24) is 19.6 Å². The van der Waals surface area contributed by atoms with E-state index in [0.29, 0.717) is 6.07 Å². The number of fused-ring (bicyclic) bond motifs is 1. The monoisotopic (exact) mass is 250 g/mol. The molecule has 0 atom stereocenters. The van der Waals surface area contributed by atoms with E-state index < -0.39 is 23.0 Å². The standard InChI is InChI=1S/C11H5F3N4/c12-6-2-3-7(13)9(14)8(6)10-16-11-15-4-1-5-18(11)17-10/h1-5H. The first-order valence-corrected chi connectivity index (χ1v) is 4.98. The molecule has 0 spiro atoms. The van der Waals surface area contributed by atoms with E-state index in [9.17, 15) is 13.2 Å². The second-order valence-corrected chi connectivity index (χ2v) is 3.52. The van der Waals surface area contributed by atoms with Gasteiger partial charge in [-0.15, -0.1) is 5.10 Å². The minimum Gasteiger partial charge on any atom is -0.220 e. The van der Waals surface area contributed by atoms with E-state index in [4.69, 9.17) is 0 Å². The van der Waals surface area contributed by atoms with Crippen LogP contribution in [0.3, 0.4) is 0 Å². The van der Waals surface area contributed by atoms with Gasteiger partial charge >= 0.3 is 0 Å². The average molecular weight is 250 g/mol. The molecule has 1 aromatic carbocycles. The van der Waals surface area contributed by atoms with Crippen LogP contribution in [0.5, 0.6) is 0 Å². The van der Waals surface area contributed by atoms with Crippen LogP contribution in [0, 0.1) is 17.5 Å². The summed E-state index contributed by atoms with van der Waals surface area (Å²) in [6, 6.07) is 3.12. The fourth-order valence-electron chi connectivity index (χ4n) is 1.57. The molecule has 0 saturated heterocycles. The van der Waals surface area contributed by atoms with Crippen molar-refractivity contribution in [3.8, 4) is 11.4 Å². The third-order valence-electron chi connectivity index (χ3n) is 2.38. The van der Waals surface area contributed by atoms with Crippen LogP contribution in [0.1, 0.15) is 0 Å². The van der Waals surface area contributed by atoms with Gasteiger partial charge in [0.05, 0.1) is 5.56 Å². The molecule has 0 aliphatic rings. The predicted molar refractivity (Wildman–Crippen MR) is 56.1 cm³/mol. The highest BCUT2D eigenvalue weighted by Crippen LogP contribution is 2.25. The third-order valence-corrected chi connectivity index (χ3v) is 2.38. The largest absolute Gasteiger partial charge is 0.252 e. The molecule has 0 N–H and O–H groups in total. The number of benzene rings is 1. The molecular formula is C11H5F3N4. The van der Waals surface area contributed by atoms with Crippen LogP contribution < -0.4 is 0 Å². The van der Waals surface area contributed by atoms with Gasteiger partial charge in [-0.1, -0.05) is 0 Å². The van der Waals surface area contributed by atoms with Crippen molar-refractivity contribution in [3.63, 3.8) is 0 Å². The maximum absolute atomic E-state index is 13.6. The Morgan fingerprint density at radius 3 is 2.61 bits per heavy atom. The lowest BCUT2D eigenvalue weighted by Gasteiger charge is -2.00.